The van der Waals surface area contributed by atoms with Gasteiger partial charge in [0, 0.05) is 30.4 Å². The molecular formula is C17H17F3N6O3. The van der Waals surface area contributed by atoms with Crippen molar-refractivity contribution in [2.75, 3.05) is 7.11 Å². The summed E-state index contributed by atoms with van der Waals surface area (Å²) in [5.74, 6) is -0.0432. The first kappa shape index (κ1) is 20.3. The van der Waals surface area contributed by atoms with Gasteiger partial charge in [-0.05, 0) is 19.9 Å². The molecule has 0 fully saturated rings. The van der Waals surface area contributed by atoms with E-state index < -0.39 is 23.8 Å². The maximum absolute atomic E-state index is 12.8. The van der Waals surface area contributed by atoms with E-state index in [2.05, 4.69) is 25.5 Å². The minimum Gasteiger partial charge on any atom is -0.481 e. The molecule has 9 nitrogen and oxygen atoms in total. The lowest BCUT2D eigenvalue weighted by atomic mass is 10.2. The molecular weight excluding hydrogens is 393 g/mol. The van der Waals surface area contributed by atoms with Gasteiger partial charge in [-0.25, -0.2) is 4.98 Å². The van der Waals surface area contributed by atoms with Crippen LogP contribution >= 0.6 is 0 Å². The number of hydrogen-bond acceptors (Lipinski definition) is 7. The largest absolute Gasteiger partial charge is 0.481 e. The van der Waals surface area contributed by atoms with Gasteiger partial charge in [0.2, 0.25) is 17.6 Å². The van der Waals surface area contributed by atoms with E-state index in [1.807, 2.05) is 0 Å². The Balaban J connectivity index is 1.77. The van der Waals surface area contributed by atoms with Crippen LogP contribution in [0.2, 0.25) is 0 Å². The molecule has 0 aromatic carbocycles. The van der Waals surface area contributed by atoms with Gasteiger partial charge in [0.05, 0.1) is 7.11 Å². The van der Waals surface area contributed by atoms with Crippen molar-refractivity contribution in [1.29, 1.82) is 0 Å². The number of halogens is 3. The fourth-order valence-electron chi connectivity index (χ4n) is 2.55. The molecule has 29 heavy (non-hydrogen) atoms. The Labute approximate surface area is 162 Å². The first-order valence-corrected chi connectivity index (χ1v) is 8.37. The smallest absolute Gasteiger partial charge is 0.435 e. The molecule has 0 spiro atoms. The summed E-state index contributed by atoms with van der Waals surface area (Å²) in [6.07, 6.45) is -4.65. The van der Waals surface area contributed by atoms with Gasteiger partial charge in [-0.2, -0.15) is 23.3 Å². The predicted molar refractivity (Wildman–Crippen MR) is 92.9 cm³/mol. The number of nitrogens with zero attached hydrogens (tertiary/aromatic N) is 5. The van der Waals surface area contributed by atoms with Crippen LogP contribution in [0.25, 0.3) is 11.4 Å². The molecule has 0 saturated heterocycles. The van der Waals surface area contributed by atoms with Crippen molar-refractivity contribution < 1.29 is 27.2 Å². The van der Waals surface area contributed by atoms with E-state index in [1.54, 1.807) is 26.0 Å². The number of carbonyl (C=O) groups excluding carboxylic acids is 1. The monoisotopic (exact) mass is 410 g/mol. The number of ether oxygens (including phenoxy) is 1. The topological polar surface area (TPSA) is 108 Å². The predicted octanol–water partition coefficient (Wildman–Crippen LogP) is 2.69. The summed E-state index contributed by atoms with van der Waals surface area (Å²) in [6.45, 7) is 3.34. The molecule has 3 rings (SSSR count). The first-order valence-electron chi connectivity index (χ1n) is 8.37. The average molecular weight is 410 g/mol. The molecule has 0 radical (unpaired) electrons. The van der Waals surface area contributed by atoms with Crippen LogP contribution in [0.5, 0.6) is 5.88 Å². The Hall–Kier alpha value is -3.44. The second-order valence-electron chi connectivity index (χ2n) is 6.23. The SMILES string of the molecule is COc1cc(-c2noc(C(C)NC(=O)c3cc(C(F)(F)F)nn3C)n2)cc(C)n1. The van der Waals surface area contributed by atoms with Crippen LogP contribution < -0.4 is 10.1 Å². The Morgan fingerprint density at radius 1 is 1.28 bits per heavy atom. The number of nitrogens with one attached hydrogen (secondary N) is 1. The zero-order valence-electron chi connectivity index (χ0n) is 15.9. The van der Waals surface area contributed by atoms with Gasteiger partial charge in [-0.15, -0.1) is 0 Å². The molecule has 3 heterocycles. The van der Waals surface area contributed by atoms with Gasteiger partial charge in [0.1, 0.15) is 11.7 Å². The minimum absolute atomic E-state index is 0.0833. The van der Waals surface area contributed by atoms with Crippen molar-refractivity contribution >= 4 is 5.91 Å². The van der Waals surface area contributed by atoms with E-state index >= 15 is 0 Å². The van der Waals surface area contributed by atoms with Crippen LogP contribution in [0.15, 0.2) is 22.7 Å². The lowest BCUT2D eigenvalue weighted by Crippen LogP contribution is -2.28. The summed E-state index contributed by atoms with van der Waals surface area (Å²) < 4.78 is 49.4. The molecule has 1 N–H and O–H groups in total. The number of pyridine rings is 1. The maximum Gasteiger partial charge on any atom is 0.435 e. The molecule has 1 amide bonds. The van der Waals surface area contributed by atoms with E-state index in [0.717, 1.165) is 4.68 Å². The number of hydrogen-bond donors (Lipinski definition) is 1. The fourth-order valence-corrected chi connectivity index (χ4v) is 2.55. The summed E-state index contributed by atoms with van der Waals surface area (Å²) in [4.78, 5) is 20.7. The summed E-state index contributed by atoms with van der Waals surface area (Å²) >= 11 is 0. The summed E-state index contributed by atoms with van der Waals surface area (Å²) in [6, 6.07) is 3.28. The first-order chi connectivity index (χ1) is 13.6. The Kier molecular flexibility index (Phi) is 5.27. The second-order valence-corrected chi connectivity index (χ2v) is 6.23. The van der Waals surface area contributed by atoms with E-state index in [1.165, 1.54) is 14.2 Å². The minimum atomic E-state index is -4.65. The Morgan fingerprint density at radius 3 is 2.62 bits per heavy atom. The zero-order valence-corrected chi connectivity index (χ0v) is 15.9. The zero-order chi connectivity index (χ0) is 21.3. The highest BCUT2D eigenvalue weighted by Gasteiger charge is 2.35. The van der Waals surface area contributed by atoms with Gasteiger partial charge >= 0.3 is 6.18 Å². The van der Waals surface area contributed by atoms with Crippen molar-refractivity contribution in [3.63, 3.8) is 0 Å². The number of carbonyl (C=O) groups is 1. The van der Waals surface area contributed by atoms with Gasteiger partial charge in [-0.1, -0.05) is 5.16 Å². The van der Waals surface area contributed by atoms with Gasteiger partial charge in [-0.3, -0.25) is 9.48 Å². The summed E-state index contributed by atoms with van der Waals surface area (Å²) in [5.41, 5.74) is -0.119. The Morgan fingerprint density at radius 2 is 2.00 bits per heavy atom. The lowest BCUT2D eigenvalue weighted by Gasteiger charge is -2.09. The van der Waals surface area contributed by atoms with Crippen molar-refractivity contribution in [2.24, 2.45) is 7.05 Å². The van der Waals surface area contributed by atoms with E-state index in [4.69, 9.17) is 9.26 Å². The van der Waals surface area contributed by atoms with Crippen LogP contribution in [-0.4, -0.2) is 37.9 Å². The highest BCUT2D eigenvalue weighted by Crippen LogP contribution is 2.28. The van der Waals surface area contributed by atoms with Crippen molar-refractivity contribution in [3.05, 3.63) is 41.2 Å². The molecule has 0 aliphatic rings. The number of aryl methyl sites for hydroxylation is 2. The normalized spacial score (nSPS) is 12.7. The van der Waals surface area contributed by atoms with Crippen LogP contribution in [0.1, 0.15) is 40.7 Å². The molecule has 3 aromatic heterocycles. The molecule has 0 aliphatic heterocycles. The van der Waals surface area contributed by atoms with Gasteiger partial charge in [0.15, 0.2) is 5.69 Å². The third-order valence-electron chi connectivity index (χ3n) is 3.96. The quantitative estimate of drug-likeness (QED) is 0.689. The number of rotatable bonds is 5. The van der Waals surface area contributed by atoms with Gasteiger partial charge in [0.25, 0.3) is 5.91 Å². The molecule has 0 saturated carbocycles. The molecule has 12 heteroatoms. The number of alkyl halides is 3. The molecule has 1 atom stereocenters. The second kappa shape index (κ2) is 7.53. The van der Waals surface area contributed by atoms with Crippen LogP contribution in [-0.2, 0) is 13.2 Å². The van der Waals surface area contributed by atoms with Crippen molar-refractivity contribution in [3.8, 4) is 17.3 Å². The average Bonchev–Trinajstić information content (AvgIpc) is 3.27. The third kappa shape index (κ3) is 4.36. The molecule has 0 bridgehead atoms. The number of methoxy groups -OCH3 is 1. The Bertz CT molecular complexity index is 1040. The van der Waals surface area contributed by atoms with Crippen LogP contribution in [0, 0.1) is 6.92 Å². The maximum atomic E-state index is 12.8. The molecule has 1 unspecified atom stereocenters. The standard InChI is InChI=1S/C17H17F3N6O3/c1-8-5-10(6-13(21-8)28-4)14-23-16(29-25-14)9(2)22-15(27)11-7-12(17(18,19)20)24-26(11)3/h5-7,9H,1-4H3,(H,22,27). The molecule has 154 valence electrons. The molecule has 3 aromatic rings. The third-order valence-corrected chi connectivity index (χ3v) is 3.96. The van der Waals surface area contributed by atoms with E-state index in [0.29, 0.717) is 23.2 Å². The summed E-state index contributed by atoms with van der Waals surface area (Å²) in [7, 11) is 2.73. The number of amides is 1. The van der Waals surface area contributed by atoms with E-state index in [9.17, 15) is 18.0 Å². The van der Waals surface area contributed by atoms with Crippen molar-refractivity contribution in [1.82, 2.24) is 30.2 Å². The van der Waals surface area contributed by atoms with Crippen LogP contribution in [0.4, 0.5) is 13.2 Å². The lowest BCUT2D eigenvalue weighted by molar-refractivity contribution is -0.141. The summed E-state index contributed by atoms with van der Waals surface area (Å²) in [5, 5.41) is 9.70. The highest BCUT2D eigenvalue weighted by molar-refractivity contribution is 5.92. The fraction of sp³-hybridized carbons (Fsp3) is 0.353. The highest BCUT2D eigenvalue weighted by atomic mass is 19.4. The van der Waals surface area contributed by atoms with Gasteiger partial charge < -0.3 is 14.6 Å². The number of aromatic nitrogens is 5. The van der Waals surface area contributed by atoms with E-state index in [-0.39, 0.29) is 17.4 Å². The van der Waals surface area contributed by atoms with Crippen molar-refractivity contribution in [2.45, 2.75) is 26.1 Å². The van der Waals surface area contributed by atoms with Crippen LogP contribution in [0.3, 0.4) is 0 Å². The molecule has 0 aliphatic carbocycles.